The number of hydrogen-bond donors (Lipinski definition) is 6. The lowest BCUT2D eigenvalue weighted by molar-refractivity contribution is 0.0702. The van der Waals surface area contributed by atoms with Crippen molar-refractivity contribution in [1.82, 2.24) is 11.0 Å². The van der Waals surface area contributed by atoms with Crippen LogP contribution >= 0.6 is 72.7 Å². The van der Waals surface area contributed by atoms with Crippen LogP contribution in [0.15, 0.2) is 53.0 Å². The number of carbonyl (C=O) groups excluding carboxylic acids is 2. The Morgan fingerprint density at radius 2 is 1.20 bits per heavy atom. The average Bonchev–Trinajstić information content (AvgIpc) is 2.99. The molecule has 0 aliphatic carbocycles. The molecule has 0 saturated heterocycles. The van der Waals surface area contributed by atoms with Gasteiger partial charge in [-0.3, -0.25) is 20.0 Å². The van der Waals surface area contributed by atoms with E-state index in [1.807, 2.05) is 28.7 Å². The molecule has 0 atom stereocenters. The van der Waals surface area contributed by atoms with Gasteiger partial charge in [0, 0.05) is 12.8 Å². The maximum Gasteiger partial charge on any atom is 0.276 e. The third-order valence-corrected chi connectivity index (χ3v) is 7.85. The van der Waals surface area contributed by atoms with Crippen LogP contribution in [-0.2, 0) is 0 Å². The molecule has 232 valence electrons. The third kappa shape index (κ3) is 8.27. The summed E-state index contributed by atoms with van der Waals surface area (Å²) in [6.07, 6.45) is 0. The van der Waals surface area contributed by atoms with Crippen LogP contribution < -0.4 is 21.6 Å². The highest BCUT2D eigenvalue weighted by Crippen LogP contribution is 2.34. The van der Waals surface area contributed by atoms with Crippen molar-refractivity contribution >= 4 is 107 Å². The van der Waals surface area contributed by atoms with E-state index >= 15 is 0 Å². The molecule has 0 aliphatic rings. The smallest absolute Gasteiger partial charge is 0.276 e. The maximum atomic E-state index is 14.1. The van der Waals surface area contributed by atoms with Crippen molar-refractivity contribution in [3.8, 4) is 0 Å². The minimum absolute atomic E-state index is 0.145. The van der Waals surface area contributed by atoms with Crippen LogP contribution in [-0.4, -0.2) is 22.2 Å². The second-order valence-electron chi connectivity index (χ2n) is 8.53. The van der Waals surface area contributed by atoms with Gasteiger partial charge in [-0.25, -0.2) is 32.9 Å². The summed E-state index contributed by atoms with van der Waals surface area (Å²) in [7, 11) is 0. The zero-order chi connectivity index (χ0) is 32.9. The molecule has 6 N–H and O–H groups in total. The second kappa shape index (κ2) is 15.5. The number of hydrogen-bond acceptors (Lipinski definition) is 6. The summed E-state index contributed by atoms with van der Waals surface area (Å²) in [6, 6.07) is 11.2. The highest BCUT2D eigenvalue weighted by Gasteiger charge is 2.24. The zero-order valence-electron chi connectivity index (χ0n) is 21.7. The van der Waals surface area contributed by atoms with Gasteiger partial charge in [0.2, 0.25) is 0 Å². The Kier molecular flexibility index (Phi) is 12.6. The average molecular weight is 926 g/mol. The number of rotatable bonds is 6. The fourth-order valence-corrected chi connectivity index (χ4v) is 5.24. The Morgan fingerprint density at radius 3 is 1.73 bits per heavy atom. The standard InChI is InChI=1S/C14H10ClF2IN2O2.C13H7BrF3IN2O2/c1-6-4-7(18)2-3-10(6)19-13-8(14(21)20-22)5-9(15)11(16)12(13)17;14-7-4-6(13(21)20-22)12(11(17)10(7)16)19-9-2-1-5(18)3-8(9)15/h2-5,19,22H,1H3,(H,20,21);1-4,19,22H,(H,20,21). The fourth-order valence-electron chi connectivity index (χ4n) is 3.54. The summed E-state index contributed by atoms with van der Waals surface area (Å²) in [5.41, 5.74) is 2.11. The Balaban J connectivity index is 0.000000240. The Morgan fingerprint density at radius 1 is 0.727 bits per heavy atom. The minimum Gasteiger partial charge on any atom is -0.352 e. The van der Waals surface area contributed by atoms with Crippen molar-refractivity contribution in [2.45, 2.75) is 6.92 Å². The van der Waals surface area contributed by atoms with Crippen LogP contribution in [0.2, 0.25) is 5.02 Å². The lowest BCUT2D eigenvalue weighted by Gasteiger charge is -2.15. The first-order valence-electron chi connectivity index (χ1n) is 11.7. The van der Waals surface area contributed by atoms with Crippen molar-refractivity contribution in [3.63, 3.8) is 0 Å². The van der Waals surface area contributed by atoms with Gasteiger partial charge >= 0.3 is 0 Å². The summed E-state index contributed by atoms with van der Waals surface area (Å²) in [4.78, 5) is 23.2. The Labute approximate surface area is 286 Å². The molecule has 0 fully saturated rings. The predicted octanol–water partition coefficient (Wildman–Crippen LogP) is 8.73. The van der Waals surface area contributed by atoms with Crippen molar-refractivity contribution in [2.24, 2.45) is 0 Å². The van der Waals surface area contributed by atoms with Gasteiger partial charge in [0.15, 0.2) is 23.3 Å². The van der Waals surface area contributed by atoms with Gasteiger partial charge in [0.1, 0.15) is 5.82 Å². The molecule has 17 heteroatoms. The van der Waals surface area contributed by atoms with Crippen LogP contribution in [0.3, 0.4) is 0 Å². The molecular weight excluding hydrogens is 908 g/mol. The highest BCUT2D eigenvalue weighted by atomic mass is 127. The highest BCUT2D eigenvalue weighted by molar-refractivity contribution is 14.1. The molecule has 0 saturated carbocycles. The normalized spacial score (nSPS) is 10.5. The minimum atomic E-state index is -1.38. The van der Waals surface area contributed by atoms with Crippen molar-refractivity contribution in [2.75, 3.05) is 10.6 Å². The van der Waals surface area contributed by atoms with Crippen molar-refractivity contribution in [1.29, 1.82) is 0 Å². The molecule has 2 amide bonds. The third-order valence-electron chi connectivity index (χ3n) is 5.66. The molecule has 4 aromatic rings. The number of carbonyl (C=O) groups is 2. The summed E-state index contributed by atoms with van der Waals surface area (Å²) in [5, 5.41) is 21.9. The molecule has 44 heavy (non-hydrogen) atoms. The quantitative estimate of drug-likeness (QED) is 0.0379. The van der Waals surface area contributed by atoms with Crippen molar-refractivity contribution in [3.05, 3.63) is 111 Å². The summed E-state index contributed by atoms with van der Waals surface area (Å²) in [6.45, 7) is 1.78. The van der Waals surface area contributed by atoms with E-state index < -0.39 is 62.9 Å². The number of anilines is 4. The molecule has 8 nitrogen and oxygen atoms in total. The summed E-state index contributed by atoms with van der Waals surface area (Å²) >= 11 is 12.3. The number of amides is 2. The first-order chi connectivity index (χ1) is 20.7. The number of halogens is 9. The molecule has 0 aliphatic heterocycles. The number of benzene rings is 4. The van der Waals surface area contributed by atoms with Crippen LogP contribution in [0.1, 0.15) is 26.3 Å². The Bertz CT molecular complexity index is 1640. The van der Waals surface area contributed by atoms with E-state index in [1.165, 1.54) is 23.1 Å². The van der Waals surface area contributed by atoms with Crippen molar-refractivity contribution < 1.29 is 42.0 Å². The lowest BCUT2D eigenvalue weighted by Crippen LogP contribution is -2.21. The zero-order valence-corrected chi connectivity index (χ0v) is 28.4. The van der Waals surface area contributed by atoms with Gasteiger partial charge in [0.05, 0.1) is 37.7 Å². The lowest BCUT2D eigenvalue weighted by atomic mass is 10.1. The van der Waals surface area contributed by atoms with E-state index in [9.17, 15) is 31.5 Å². The van der Waals surface area contributed by atoms with E-state index in [0.29, 0.717) is 9.26 Å². The van der Waals surface area contributed by atoms with E-state index in [2.05, 4.69) is 49.2 Å². The van der Waals surface area contributed by atoms with Gasteiger partial charge in [0.25, 0.3) is 11.8 Å². The number of hydroxylamine groups is 2. The maximum absolute atomic E-state index is 14.1. The number of aryl methyl sites for hydroxylation is 1. The van der Waals surface area contributed by atoms with E-state index in [4.69, 9.17) is 22.0 Å². The van der Waals surface area contributed by atoms with Crippen LogP contribution in [0.4, 0.5) is 44.7 Å². The van der Waals surface area contributed by atoms with Gasteiger partial charge in [-0.05, 0) is 122 Å². The first kappa shape index (κ1) is 35.7. The van der Waals surface area contributed by atoms with Crippen LogP contribution in [0, 0.1) is 43.2 Å². The van der Waals surface area contributed by atoms with E-state index in [0.717, 1.165) is 21.3 Å². The topological polar surface area (TPSA) is 123 Å². The summed E-state index contributed by atoms with van der Waals surface area (Å²) < 4.78 is 70.6. The molecule has 0 heterocycles. The SMILES string of the molecule is Cc1cc(I)ccc1Nc1c(C(=O)NO)cc(Cl)c(F)c1F.O=C(NO)c1cc(Br)c(F)c(F)c1Nc1ccc(I)cc1F. The largest absolute Gasteiger partial charge is 0.352 e. The predicted molar refractivity (Wildman–Crippen MR) is 174 cm³/mol. The molecule has 0 radical (unpaired) electrons. The molecule has 0 bridgehead atoms. The fraction of sp³-hybridized carbons (Fsp3) is 0.0370. The molecule has 0 unspecified atom stereocenters. The molecule has 0 spiro atoms. The van der Waals surface area contributed by atoms with Crippen LogP contribution in [0.5, 0.6) is 0 Å². The first-order valence-corrected chi connectivity index (χ1v) is 15.0. The van der Waals surface area contributed by atoms with Gasteiger partial charge < -0.3 is 10.6 Å². The Hall–Kier alpha value is -2.78. The number of nitrogens with one attached hydrogen (secondary N) is 4. The van der Waals surface area contributed by atoms with E-state index in [-0.39, 0.29) is 15.7 Å². The monoisotopic (exact) mass is 924 g/mol. The second-order valence-corrected chi connectivity index (χ2v) is 12.3. The molecule has 0 aromatic heterocycles. The molecule has 4 aromatic carbocycles. The summed E-state index contributed by atoms with van der Waals surface area (Å²) in [5.74, 6) is -8.00. The van der Waals surface area contributed by atoms with Gasteiger partial charge in [-0.15, -0.1) is 0 Å². The molecular formula is C27H17BrClF5I2N4O4. The molecule has 4 rings (SSSR count). The van der Waals surface area contributed by atoms with Gasteiger partial charge in [-0.2, -0.15) is 0 Å². The van der Waals surface area contributed by atoms with E-state index in [1.54, 1.807) is 25.1 Å². The van der Waals surface area contributed by atoms with Crippen LogP contribution in [0.25, 0.3) is 0 Å². The van der Waals surface area contributed by atoms with Gasteiger partial charge in [-0.1, -0.05) is 11.6 Å².